The van der Waals surface area contributed by atoms with Crippen molar-refractivity contribution in [3.8, 4) is 0 Å². The summed E-state index contributed by atoms with van der Waals surface area (Å²) in [6.07, 6.45) is 0.237. The van der Waals surface area contributed by atoms with Crippen molar-refractivity contribution >= 4 is 23.3 Å². The Morgan fingerprint density at radius 1 is 1.53 bits per heavy atom. The summed E-state index contributed by atoms with van der Waals surface area (Å²) in [5, 5.41) is 0.514. The Bertz CT molecular complexity index is 377. The van der Waals surface area contributed by atoms with Crippen molar-refractivity contribution in [1.82, 2.24) is 0 Å². The maximum Gasteiger partial charge on any atom is 0.310 e. The molecule has 0 aromatic heterocycles. The number of hydrogen-bond acceptors (Lipinski definition) is 3. The normalized spacial score (nSPS) is 10.1. The van der Waals surface area contributed by atoms with Crippen LogP contribution in [0.4, 0.5) is 5.69 Å². The molecule has 3 nitrogen and oxygen atoms in total. The van der Waals surface area contributed by atoms with Crippen molar-refractivity contribution in [3.05, 3.63) is 28.3 Å². The summed E-state index contributed by atoms with van der Waals surface area (Å²) in [7, 11) is 0. The topological polar surface area (TPSA) is 52.3 Å². The van der Waals surface area contributed by atoms with E-state index in [1.54, 1.807) is 19.1 Å². The Balaban J connectivity index is 2.87. The van der Waals surface area contributed by atoms with Gasteiger partial charge in [-0.3, -0.25) is 4.79 Å². The molecule has 82 valence electrons. The van der Waals surface area contributed by atoms with Gasteiger partial charge in [-0.25, -0.2) is 0 Å². The Kier molecular flexibility index (Phi) is 3.97. The van der Waals surface area contributed by atoms with Crippen LogP contribution in [-0.4, -0.2) is 12.6 Å². The highest BCUT2D eigenvalue weighted by atomic mass is 35.5. The number of benzene rings is 1. The van der Waals surface area contributed by atoms with Gasteiger partial charge in [0.05, 0.1) is 23.7 Å². The first-order valence-electron chi connectivity index (χ1n) is 4.75. The molecule has 1 rings (SSSR count). The molecule has 0 bridgehead atoms. The van der Waals surface area contributed by atoms with Crippen LogP contribution in [0.15, 0.2) is 12.1 Å². The molecule has 0 unspecified atom stereocenters. The van der Waals surface area contributed by atoms with Crippen LogP contribution in [0.5, 0.6) is 0 Å². The number of halogens is 1. The van der Waals surface area contributed by atoms with Gasteiger partial charge in [0.1, 0.15) is 0 Å². The zero-order valence-corrected chi connectivity index (χ0v) is 9.60. The molecular weight excluding hydrogens is 214 g/mol. The van der Waals surface area contributed by atoms with E-state index in [0.29, 0.717) is 17.3 Å². The zero-order chi connectivity index (χ0) is 11.4. The van der Waals surface area contributed by atoms with Crippen LogP contribution in [0.1, 0.15) is 18.1 Å². The second kappa shape index (κ2) is 5.03. The van der Waals surface area contributed by atoms with Gasteiger partial charge in [-0.05, 0) is 31.0 Å². The highest BCUT2D eigenvalue weighted by Crippen LogP contribution is 2.25. The summed E-state index contributed by atoms with van der Waals surface area (Å²) >= 11 is 5.84. The van der Waals surface area contributed by atoms with Crippen molar-refractivity contribution in [3.63, 3.8) is 0 Å². The first-order chi connectivity index (χ1) is 7.06. The lowest BCUT2D eigenvalue weighted by molar-refractivity contribution is -0.142. The summed E-state index contributed by atoms with van der Waals surface area (Å²) in [6, 6.07) is 3.49. The number of nitrogen functional groups attached to an aromatic ring is 1. The van der Waals surface area contributed by atoms with Gasteiger partial charge in [0.2, 0.25) is 0 Å². The molecule has 0 saturated carbocycles. The minimum absolute atomic E-state index is 0.237. The molecule has 0 aliphatic rings. The highest BCUT2D eigenvalue weighted by molar-refractivity contribution is 6.33. The number of carbonyl (C=O) groups excluding carboxylic acids is 1. The van der Waals surface area contributed by atoms with E-state index in [1.807, 2.05) is 6.92 Å². The minimum atomic E-state index is -0.248. The van der Waals surface area contributed by atoms with E-state index in [2.05, 4.69) is 0 Å². The molecule has 15 heavy (non-hydrogen) atoms. The van der Waals surface area contributed by atoms with Crippen molar-refractivity contribution < 1.29 is 9.53 Å². The van der Waals surface area contributed by atoms with Gasteiger partial charge < -0.3 is 10.5 Å². The molecule has 0 heterocycles. The second-order valence-electron chi connectivity index (χ2n) is 3.23. The highest BCUT2D eigenvalue weighted by Gasteiger charge is 2.10. The Morgan fingerprint density at radius 3 is 2.80 bits per heavy atom. The number of ether oxygens (including phenoxy) is 1. The maximum absolute atomic E-state index is 11.3. The van der Waals surface area contributed by atoms with Crippen LogP contribution < -0.4 is 5.73 Å². The van der Waals surface area contributed by atoms with Crippen LogP contribution >= 0.6 is 11.6 Å². The van der Waals surface area contributed by atoms with Crippen LogP contribution in [0.2, 0.25) is 5.02 Å². The number of nitrogens with two attached hydrogens (primary N) is 1. The fraction of sp³-hybridized carbons (Fsp3) is 0.364. The molecule has 0 aliphatic carbocycles. The SMILES string of the molecule is CCOC(=O)Cc1ccc(Cl)c(N)c1C. The van der Waals surface area contributed by atoms with E-state index in [9.17, 15) is 4.79 Å². The van der Waals surface area contributed by atoms with E-state index < -0.39 is 0 Å². The van der Waals surface area contributed by atoms with Gasteiger partial charge in [-0.1, -0.05) is 17.7 Å². The number of rotatable bonds is 3. The number of carbonyl (C=O) groups is 1. The summed E-state index contributed by atoms with van der Waals surface area (Å²) in [6.45, 7) is 4.01. The molecule has 0 radical (unpaired) electrons. The van der Waals surface area contributed by atoms with E-state index in [-0.39, 0.29) is 12.4 Å². The summed E-state index contributed by atoms with van der Waals surface area (Å²) < 4.78 is 4.86. The van der Waals surface area contributed by atoms with Crippen LogP contribution in [0.25, 0.3) is 0 Å². The average molecular weight is 228 g/mol. The maximum atomic E-state index is 11.3. The van der Waals surface area contributed by atoms with Gasteiger partial charge in [-0.15, -0.1) is 0 Å². The van der Waals surface area contributed by atoms with Gasteiger partial charge in [0.15, 0.2) is 0 Å². The minimum Gasteiger partial charge on any atom is -0.466 e. The number of hydrogen-bond donors (Lipinski definition) is 1. The number of esters is 1. The Labute approximate surface area is 94.2 Å². The van der Waals surface area contributed by atoms with Crippen molar-refractivity contribution in [2.75, 3.05) is 12.3 Å². The smallest absolute Gasteiger partial charge is 0.310 e. The molecule has 1 aromatic carbocycles. The first-order valence-corrected chi connectivity index (χ1v) is 5.13. The van der Waals surface area contributed by atoms with Crippen LogP contribution in [0, 0.1) is 6.92 Å². The lowest BCUT2D eigenvalue weighted by atomic mass is 10.0. The van der Waals surface area contributed by atoms with Crippen molar-refractivity contribution in [2.45, 2.75) is 20.3 Å². The third-order valence-electron chi connectivity index (χ3n) is 2.21. The predicted molar refractivity (Wildman–Crippen MR) is 60.9 cm³/mol. The van der Waals surface area contributed by atoms with Gasteiger partial charge >= 0.3 is 5.97 Å². The van der Waals surface area contributed by atoms with Crippen molar-refractivity contribution in [1.29, 1.82) is 0 Å². The third kappa shape index (κ3) is 2.86. The van der Waals surface area contributed by atoms with E-state index in [1.165, 1.54) is 0 Å². The second-order valence-corrected chi connectivity index (χ2v) is 3.63. The predicted octanol–water partition coefficient (Wildman–Crippen LogP) is 2.34. The molecule has 0 aliphatic heterocycles. The van der Waals surface area contributed by atoms with Crippen LogP contribution in [-0.2, 0) is 16.0 Å². The molecule has 0 fully saturated rings. The summed E-state index contributed by atoms with van der Waals surface area (Å²) in [4.78, 5) is 11.3. The largest absolute Gasteiger partial charge is 0.466 e. The molecule has 4 heteroatoms. The fourth-order valence-corrected chi connectivity index (χ4v) is 1.50. The lowest BCUT2D eigenvalue weighted by Gasteiger charge is -2.09. The fourth-order valence-electron chi connectivity index (χ4n) is 1.30. The van der Waals surface area contributed by atoms with Gasteiger partial charge in [0.25, 0.3) is 0 Å². The molecule has 0 amide bonds. The summed E-state index contributed by atoms with van der Waals surface area (Å²) in [5.41, 5.74) is 7.97. The van der Waals surface area contributed by atoms with E-state index >= 15 is 0 Å². The molecule has 2 N–H and O–H groups in total. The van der Waals surface area contributed by atoms with E-state index in [4.69, 9.17) is 22.1 Å². The number of anilines is 1. The van der Waals surface area contributed by atoms with Crippen LogP contribution in [0.3, 0.4) is 0 Å². The summed E-state index contributed by atoms with van der Waals surface area (Å²) in [5.74, 6) is -0.248. The van der Waals surface area contributed by atoms with Gasteiger partial charge in [0, 0.05) is 0 Å². The Hall–Kier alpha value is -1.22. The lowest BCUT2D eigenvalue weighted by Crippen LogP contribution is -2.09. The molecular formula is C11H14ClNO2. The standard InChI is InChI=1S/C11H14ClNO2/c1-3-15-10(14)6-8-4-5-9(12)11(13)7(8)2/h4-5H,3,6,13H2,1-2H3. The molecule has 1 aromatic rings. The van der Waals surface area contributed by atoms with E-state index in [0.717, 1.165) is 11.1 Å². The van der Waals surface area contributed by atoms with Gasteiger partial charge in [-0.2, -0.15) is 0 Å². The average Bonchev–Trinajstić information content (AvgIpc) is 2.20. The molecule has 0 saturated heterocycles. The quantitative estimate of drug-likeness (QED) is 0.637. The third-order valence-corrected chi connectivity index (χ3v) is 2.54. The monoisotopic (exact) mass is 227 g/mol. The van der Waals surface area contributed by atoms with Crippen molar-refractivity contribution in [2.24, 2.45) is 0 Å². The molecule has 0 spiro atoms. The first kappa shape index (κ1) is 11.9. The zero-order valence-electron chi connectivity index (χ0n) is 8.84. The Morgan fingerprint density at radius 2 is 2.20 bits per heavy atom. The molecule has 0 atom stereocenters.